The first-order chi connectivity index (χ1) is 26.6. The number of benzene rings is 1. The van der Waals surface area contributed by atoms with E-state index in [2.05, 4.69) is 55.6 Å². The fourth-order valence-electron chi connectivity index (χ4n) is 7.48. The molecule has 0 radical (unpaired) electrons. The lowest BCUT2D eigenvalue weighted by atomic mass is 9.84. The second-order valence-corrected chi connectivity index (χ2v) is 17.5. The number of aromatic hydroxyl groups is 1. The third-order valence-corrected chi connectivity index (χ3v) is 12.0. The maximum absolute atomic E-state index is 14.7. The van der Waals surface area contributed by atoms with Crippen LogP contribution in [-0.4, -0.2) is 87.7 Å². The first kappa shape index (κ1) is 46.8. The summed E-state index contributed by atoms with van der Waals surface area (Å²) >= 11 is 1.22. The number of hydrogen-bond donors (Lipinski definition) is 5. The molecule has 1 saturated heterocycles. The minimum absolute atomic E-state index is 0.0319. The molecule has 2 amide bonds. The minimum atomic E-state index is -1.12. The number of phenolic OH excluding ortho intramolecular Hbond substituents is 1. The smallest absolute Gasteiger partial charge is 0.309 e. The largest absolute Gasteiger partial charge is 0.508 e. The zero-order valence-corrected chi connectivity index (χ0v) is 35.9. The molecule has 0 bridgehead atoms. The highest BCUT2D eigenvalue weighted by atomic mass is 32.1. The number of phenols is 1. The van der Waals surface area contributed by atoms with E-state index in [0.29, 0.717) is 30.4 Å². The number of rotatable bonds is 25. The lowest BCUT2D eigenvalue weighted by Crippen LogP contribution is -2.55. The van der Waals surface area contributed by atoms with Gasteiger partial charge < -0.3 is 35.8 Å². The van der Waals surface area contributed by atoms with Crippen LogP contribution in [0.3, 0.4) is 0 Å². The Morgan fingerprint density at radius 1 is 1.09 bits per heavy atom. The molecule has 6 atom stereocenters. The minimum Gasteiger partial charge on any atom is -0.508 e. The molecule has 2 aromatic rings. The van der Waals surface area contributed by atoms with Crippen LogP contribution < -0.4 is 16.0 Å². The van der Waals surface area contributed by atoms with Gasteiger partial charge in [0.25, 0.3) is 5.91 Å². The van der Waals surface area contributed by atoms with Gasteiger partial charge in [0.2, 0.25) is 5.91 Å². The quantitative estimate of drug-likeness (QED) is 0.0509. The number of carboxylic acids is 1. The summed E-state index contributed by atoms with van der Waals surface area (Å²) in [6, 6.07) is 5.89. The van der Waals surface area contributed by atoms with Crippen LogP contribution in [0.1, 0.15) is 147 Å². The summed E-state index contributed by atoms with van der Waals surface area (Å²) in [5.74, 6) is -1.60. The Labute approximate surface area is 339 Å². The predicted octanol–water partition coefficient (Wildman–Crippen LogP) is 7.26. The highest BCUT2D eigenvalue weighted by molar-refractivity contribution is 7.09. The molecule has 0 unspecified atom stereocenters. The zero-order chi connectivity index (χ0) is 41.4. The van der Waals surface area contributed by atoms with Crippen molar-refractivity contribution in [3.63, 3.8) is 0 Å². The van der Waals surface area contributed by atoms with Crippen molar-refractivity contribution >= 4 is 35.1 Å². The highest BCUT2D eigenvalue weighted by Crippen LogP contribution is 2.32. The molecule has 3 rings (SSSR count). The van der Waals surface area contributed by atoms with E-state index >= 15 is 0 Å². The van der Waals surface area contributed by atoms with Gasteiger partial charge in [0.15, 0.2) is 6.10 Å². The van der Waals surface area contributed by atoms with E-state index in [1.807, 2.05) is 4.90 Å². The Morgan fingerprint density at radius 3 is 2.39 bits per heavy atom. The van der Waals surface area contributed by atoms with E-state index in [4.69, 9.17) is 4.74 Å². The van der Waals surface area contributed by atoms with Crippen LogP contribution in [0.4, 0.5) is 0 Å². The van der Waals surface area contributed by atoms with Crippen molar-refractivity contribution in [3.8, 4) is 5.75 Å². The standard InChI is InChI=1S/C43H69N5O7S/c1-9-11-12-13-23-48(41(52)38(29(5)10-2)45-22-20-32-15-14-21-44-32)36(28(3)4)25-37(55-30(6)49)40-47-35(27-56-40)39(51)46-33(26-43(7,8)42(53)54)24-31-16-18-34(50)19-17-31/h16-19,27-29,32-33,36-38,44-45,50H,9-15,20-26H2,1-8H3,(H,46,51)(H,53,54)/t29-,32-,33-,36+,37+,38-/m0/s1. The number of carbonyl (C=O) groups is 4. The van der Waals surface area contributed by atoms with Crippen molar-refractivity contribution in [3.05, 3.63) is 45.9 Å². The maximum atomic E-state index is 14.7. The van der Waals surface area contributed by atoms with Crippen LogP contribution in [0, 0.1) is 17.3 Å². The SMILES string of the molecule is CCCCCCN(C(=O)[C@@H](NCC[C@@H]1CCCN1)[C@@H](C)CC)[C@H](C[C@@H](OC(C)=O)c1nc(C(=O)N[C@@H](Cc2ccc(O)cc2)CC(C)(C)C(=O)O)cs1)C(C)C. The Morgan fingerprint density at radius 2 is 1.80 bits per heavy atom. The number of nitrogens with zero attached hydrogens (tertiary/aromatic N) is 2. The number of amides is 2. The third kappa shape index (κ3) is 14.8. The number of unbranched alkanes of at least 4 members (excludes halogenated alkanes) is 3. The maximum Gasteiger partial charge on any atom is 0.309 e. The topological polar surface area (TPSA) is 170 Å². The Hall–Kier alpha value is -3.55. The summed E-state index contributed by atoms with van der Waals surface area (Å²) in [6.07, 6.45) is 8.23. The van der Waals surface area contributed by atoms with E-state index in [1.165, 1.54) is 24.7 Å². The molecule has 1 aliphatic heterocycles. The number of aliphatic carboxylic acids is 1. The molecule has 0 saturated carbocycles. The average molecular weight is 800 g/mol. The van der Waals surface area contributed by atoms with Crippen molar-refractivity contribution in [2.75, 3.05) is 19.6 Å². The number of ether oxygens (including phenoxy) is 1. The van der Waals surface area contributed by atoms with Crippen LogP contribution in [0.5, 0.6) is 5.75 Å². The van der Waals surface area contributed by atoms with Crippen LogP contribution in [-0.2, 0) is 25.5 Å². The van der Waals surface area contributed by atoms with E-state index in [9.17, 15) is 29.4 Å². The van der Waals surface area contributed by atoms with E-state index in [-0.39, 0.29) is 47.7 Å². The Kier molecular flexibility index (Phi) is 19.2. The second kappa shape index (κ2) is 23.0. The normalized spacial score (nSPS) is 17.2. The zero-order valence-electron chi connectivity index (χ0n) is 35.1. The van der Waals surface area contributed by atoms with Gasteiger partial charge >= 0.3 is 11.9 Å². The van der Waals surface area contributed by atoms with Crippen molar-refractivity contribution in [2.24, 2.45) is 17.3 Å². The van der Waals surface area contributed by atoms with Gasteiger partial charge in [-0.15, -0.1) is 11.3 Å². The average Bonchev–Trinajstić information content (AvgIpc) is 3.86. The molecular formula is C43H69N5O7S. The third-order valence-electron chi connectivity index (χ3n) is 11.1. The fourth-order valence-corrected chi connectivity index (χ4v) is 8.32. The number of carboxylic acid groups (broad SMARTS) is 1. The molecule has 0 aliphatic carbocycles. The van der Waals surface area contributed by atoms with Gasteiger partial charge in [-0.2, -0.15) is 0 Å². The van der Waals surface area contributed by atoms with E-state index in [1.54, 1.807) is 43.5 Å². The number of esters is 1. The Bertz CT molecular complexity index is 1520. The first-order valence-corrected chi connectivity index (χ1v) is 21.7. The van der Waals surface area contributed by atoms with Gasteiger partial charge in [-0.25, -0.2) is 4.98 Å². The number of aromatic nitrogens is 1. The van der Waals surface area contributed by atoms with Crippen molar-refractivity contribution in [1.29, 1.82) is 0 Å². The van der Waals surface area contributed by atoms with Crippen molar-refractivity contribution < 1.29 is 34.1 Å². The van der Waals surface area contributed by atoms with E-state index in [0.717, 1.165) is 63.6 Å². The molecule has 1 aromatic carbocycles. The summed E-state index contributed by atoms with van der Waals surface area (Å²) in [4.78, 5) is 59.8. The van der Waals surface area contributed by atoms with Crippen LogP contribution in [0.25, 0.3) is 0 Å². The monoisotopic (exact) mass is 799 g/mol. The van der Waals surface area contributed by atoms with Crippen LogP contribution in [0.2, 0.25) is 0 Å². The molecular weight excluding hydrogens is 731 g/mol. The Balaban J connectivity index is 1.89. The predicted molar refractivity (Wildman–Crippen MR) is 222 cm³/mol. The summed E-state index contributed by atoms with van der Waals surface area (Å²) < 4.78 is 5.93. The summed E-state index contributed by atoms with van der Waals surface area (Å²) in [6.45, 7) is 17.6. The van der Waals surface area contributed by atoms with Gasteiger partial charge in [-0.3, -0.25) is 19.2 Å². The molecule has 1 aromatic heterocycles. The van der Waals surface area contributed by atoms with Crippen LogP contribution >= 0.6 is 11.3 Å². The molecule has 1 fully saturated rings. The molecule has 0 spiro atoms. The van der Waals surface area contributed by atoms with Gasteiger partial charge in [-0.1, -0.05) is 72.4 Å². The van der Waals surface area contributed by atoms with E-state index < -0.39 is 35.4 Å². The highest BCUT2D eigenvalue weighted by Gasteiger charge is 2.37. The van der Waals surface area contributed by atoms with Crippen LogP contribution in [0.15, 0.2) is 29.6 Å². The molecule has 1 aliphatic rings. The molecule has 56 heavy (non-hydrogen) atoms. The molecule has 13 heteroatoms. The number of carbonyl (C=O) groups excluding carboxylic acids is 3. The first-order valence-electron chi connectivity index (χ1n) is 20.8. The molecule has 12 nitrogen and oxygen atoms in total. The molecule has 5 N–H and O–H groups in total. The molecule has 314 valence electrons. The number of hydrogen-bond acceptors (Lipinski definition) is 10. The van der Waals surface area contributed by atoms with Gasteiger partial charge in [-0.05, 0) is 95.0 Å². The van der Waals surface area contributed by atoms with Gasteiger partial charge in [0.05, 0.1) is 11.5 Å². The summed E-state index contributed by atoms with van der Waals surface area (Å²) in [5, 5.41) is 31.9. The fraction of sp³-hybridized carbons (Fsp3) is 0.698. The number of nitrogens with one attached hydrogen (secondary N) is 3. The lowest BCUT2D eigenvalue weighted by Gasteiger charge is -2.39. The summed E-state index contributed by atoms with van der Waals surface area (Å²) in [5.41, 5.74) is -0.157. The lowest BCUT2D eigenvalue weighted by molar-refractivity contribution is -0.149. The van der Waals surface area contributed by atoms with Gasteiger partial charge in [0.1, 0.15) is 16.5 Å². The summed E-state index contributed by atoms with van der Waals surface area (Å²) in [7, 11) is 0. The van der Waals surface area contributed by atoms with Crippen molar-refractivity contribution in [1.82, 2.24) is 25.8 Å². The van der Waals surface area contributed by atoms with Crippen molar-refractivity contribution in [2.45, 2.75) is 156 Å². The second-order valence-electron chi connectivity index (χ2n) is 16.6. The molecule has 2 heterocycles. The van der Waals surface area contributed by atoms with Gasteiger partial charge in [0, 0.05) is 43.4 Å². The number of thiazole rings is 1.